The maximum atomic E-state index is 12.8. The Morgan fingerprint density at radius 1 is 0.892 bits per heavy atom. The average molecular weight is 487 g/mol. The van der Waals surface area contributed by atoms with Crippen molar-refractivity contribution < 1.29 is 4.79 Å². The van der Waals surface area contributed by atoms with Gasteiger partial charge in [0.15, 0.2) is 5.65 Å². The normalized spacial score (nSPS) is 11.3. The fourth-order valence-corrected chi connectivity index (χ4v) is 4.70. The van der Waals surface area contributed by atoms with Crippen LogP contribution in [0.15, 0.2) is 84.9 Å². The fraction of sp³-hybridized carbons (Fsp3) is 0.133. The van der Waals surface area contributed by atoms with Gasteiger partial charge in [0.25, 0.3) is 0 Å². The van der Waals surface area contributed by atoms with Crippen LogP contribution in [0.3, 0.4) is 0 Å². The van der Waals surface area contributed by atoms with Gasteiger partial charge in [0.2, 0.25) is 5.91 Å². The number of fused-ring (bicyclic) bond motifs is 2. The van der Waals surface area contributed by atoms with Crippen molar-refractivity contribution in [1.29, 1.82) is 0 Å². The number of hydrogen-bond donors (Lipinski definition) is 2. The lowest BCUT2D eigenvalue weighted by Crippen LogP contribution is -2.14. The number of carbonyl (C=O) groups is 1. The third-order valence-electron chi connectivity index (χ3n) is 6.67. The summed E-state index contributed by atoms with van der Waals surface area (Å²) in [5.41, 5.74) is 9.38. The monoisotopic (exact) mass is 486 g/mol. The number of imidazole rings is 1. The molecule has 182 valence electrons. The summed E-state index contributed by atoms with van der Waals surface area (Å²) >= 11 is 0. The number of hydrogen-bond acceptors (Lipinski definition) is 4. The Morgan fingerprint density at radius 2 is 1.65 bits per heavy atom. The highest BCUT2D eigenvalue weighted by atomic mass is 16.1. The molecule has 3 heterocycles. The van der Waals surface area contributed by atoms with Gasteiger partial charge in [-0.15, -0.1) is 0 Å². The molecule has 3 aromatic carbocycles. The van der Waals surface area contributed by atoms with Gasteiger partial charge < -0.3 is 10.3 Å². The van der Waals surface area contributed by atoms with Crippen molar-refractivity contribution in [3.8, 4) is 22.6 Å². The first-order chi connectivity index (χ1) is 18.0. The van der Waals surface area contributed by atoms with Crippen LogP contribution in [0.4, 0.5) is 5.69 Å². The molecule has 0 saturated carbocycles. The number of carbonyl (C=O) groups excluding carboxylic acids is 1. The number of anilines is 1. The van der Waals surface area contributed by atoms with E-state index in [0.717, 1.165) is 62.0 Å². The Balaban J connectivity index is 1.14. The van der Waals surface area contributed by atoms with Crippen LogP contribution >= 0.6 is 0 Å². The molecular weight excluding hydrogens is 460 g/mol. The number of aryl methyl sites for hydroxylation is 2. The van der Waals surface area contributed by atoms with E-state index in [1.54, 1.807) is 0 Å². The van der Waals surface area contributed by atoms with E-state index >= 15 is 0 Å². The molecule has 0 radical (unpaired) electrons. The molecule has 0 spiro atoms. The molecule has 0 aliphatic heterocycles. The van der Waals surface area contributed by atoms with Crippen molar-refractivity contribution in [2.24, 2.45) is 0 Å². The Bertz CT molecular complexity index is 1700. The van der Waals surface area contributed by atoms with Crippen molar-refractivity contribution in [2.75, 3.05) is 5.32 Å². The lowest BCUT2D eigenvalue weighted by atomic mass is 10.1. The number of aromatic nitrogens is 5. The maximum absolute atomic E-state index is 12.8. The van der Waals surface area contributed by atoms with Crippen molar-refractivity contribution in [3.63, 3.8) is 0 Å². The maximum Gasteiger partial charge on any atom is 0.224 e. The highest BCUT2D eigenvalue weighted by Gasteiger charge is 2.15. The van der Waals surface area contributed by atoms with E-state index in [4.69, 9.17) is 10.1 Å². The summed E-state index contributed by atoms with van der Waals surface area (Å²) in [5, 5.41) is 7.78. The van der Waals surface area contributed by atoms with Crippen molar-refractivity contribution >= 4 is 28.3 Å². The molecule has 0 unspecified atom stereocenters. The molecule has 0 bridgehead atoms. The number of rotatable bonds is 6. The third kappa shape index (κ3) is 4.47. The topological polar surface area (TPSA) is 88.0 Å². The van der Waals surface area contributed by atoms with Gasteiger partial charge in [0.05, 0.1) is 16.7 Å². The van der Waals surface area contributed by atoms with Crippen molar-refractivity contribution in [2.45, 2.75) is 26.7 Å². The van der Waals surface area contributed by atoms with Crippen LogP contribution in [-0.2, 0) is 11.2 Å². The first-order valence-corrected chi connectivity index (χ1v) is 12.3. The number of nitrogens with one attached hydrogen (secondary N) is 2. The van der Waals surface area contributed by atoms with Crippen LogP contribution in [0.25, 0.3) is 39.3 Å². The second-order valence-corrected chi connectivity index (χ2v) is 9.15. The van der Waals surface area contributed by atoms with E-state index in [0.29, 0.717) is 12.8 Å². The van der Waals surface area contributed by atoms with Gasteiger partial charge in [-0.25, -0.2) is 14.5 Å². The lowest BCUT2D eigenvalue weighted by Gasteiger charge is -2.11. The van der Waals surface area contributed by atoms with Gasteiger partial charge in [-0.3, -0.25) is 4.79 Å². The lowest BCUT2D eigenvalue weighted by molar-refractivity contribution is -0.116. The SMILES string of the molecule is Cc1nc2cc(-c3ccccc3)nn2c(C)c1CCC(=O)Nc1ccc(-c2nc3ccccc3[nH]2)cc1. The fourth-order valence-electron chi connectivity index (χ4n) is 4.70. The molecule has 7 heteroatoms. The van der Waals surface area contributed by atoms with Crippen molar-refractivity contribution in [1.82, 2.24) is 24.6 Å². The Kier molecular flexibility index (Phi) is 5.73. The zero-order valence-corrected chi connectivity index (χ0v) is 20.7. The largest absolute Gasteiger partial charge is 0.338 e. The predicted molar refractivity (Wildman–Crippen MR) is 146 cm³/mol. The minimum Gasteiger partial charge on any atom is -0.338 e. The highest BCUT2D eigenvalue weighted by Crippen LogP contribution is 2.24. The molecular formula is C30H26N6O. The summed E-state index contributed by atoms with van der Waals surface area (Å²) in [6.45, 7) is 4.03. The van der Waals surface area contributed by atoms with Crippen LogP contribution in [0.5, 0.6) is 0 Å². The minimum atomic E-state index is -0.0409. The number of aromatic amines is 1. The highest BCUT2D eigenvalue weighted by molar-refractivity contribution is 5.91. The van der Waals surface area contributed by atoms with Crippen molar-refractivity contribution in [3.05, 3.63) is 102 Å². The second-order valence-electron chi connectivity index (χ2n) is 9.15. The number of para-hydroxylation sites is 2. The van der Waals surface area contributed by atoms with Gasteiger partial charge in [-0.1, -0.05) is 42.5 Å². The summed E-state index contributed by atoms with van der Waals surface area (Å²) in [4.78, 5) is 25.5. The summed E-state index contributed by atoms with van der Waals surface area (Å²) in [5.74, 6) is 0.766. The van der Waals surface area contributed by atoms with Crippen LogP contribution in [-0.4, -0.2) is 30.5 Å². The smallest absolute Gasteiger partial charge is 0.224 e. The van der Waals surface area contributed by atoms with Crippen LogP contribution in [0, 0.1) is 13.8 Å². The molecule has 1 amide bonds. The van der Waals surface area contributed by atoms with E-state index < -0.39 is 0 Å². The molecule has 7 nitrogen and oxygen atoms in total. The molecule has 0 aliphatic rings. The Hall–Kier alpha value is -4.78. The van der Waals surface area contributed by atoms with E-state index in [1.165, 1.54) is 0 Å². The Labute approximate surface area is 214 Å². The van der Waals surface area contributed by atoms with Crippen LogP contribution in [0.1, 0.15) is 23.4 Å². The van der Waals surface area contributed by atoms with E-state index in [2.05, 4.69) is 15.3 Å². The third-order valence-corrected chi connectivity index (χ3v) is 6.67. The molecule has 0 atom stereocenters. The van der Waals surface area contributed by atoms with Gasteiger partial charge >= 0.3 is 0 Å². The molecule has 6 rings (SSSR count). The molecule has 0 saturated heterocycles. The number of H-pyrrole nitrogens is 1. The standard InChI is InChI=1S/C30H26N6O/c1-19-24(20(2)36-28(31-19)18-27(35-36)21-8-4-3-5-9-21)16-17-29(37)32-23-14-12-22(13-15-23)30-33-25-10-6-7-11-26(25)34-30/h3-15,18H,16-17H2,1-2H3,(H,32,37)(H,33,34). The molecule has 37 heavy (non-hydrogen) atoms. The summed E-state index contributed by atoms with van der Waals surface area (Å²) in [6.07, 6.45) is 0.942. The van der Waals surface area contributed by atoms with Gasteiger partial charge in [0, 0.05) is 40.7 Å². The molecule has 0 fully saturated rings. The molecule has 3 aromatic heterocycles. The zero-order valence-electron chi connectivity index (χ0n) is 20.7. The second kappa shape index (κ2) is 9.35. The summed E-state index contributed by atoms with van der Waals surface area (Å²) in [7, 11) is 0. The van der Waals surface area contributed by atoms with Crippen LogP contribution in [0.2, 0.25) is 0 Å². The average Bonchev–Trinajstić information content (AvgIpc) is 3.54. The number of amides is 1. The van der Waals surface area contributed by atoms with E-state index in [9.17, 15) is 4.79 Å². The zero-order chi connectivity index (χ0) is 25.4. The minimum absolute atomic E-state index is 0.0409. The summed E-state index contributed by atoms with van der Waals surface area (Å²) < 4.78 is 1.87. The molecule has 6 aromatic rings. The quantitative estimate of drug-likeness (QED) is 0.297. The molecule has 0 aliphatic carbocycles. The Morgan fingerprint density at radius 3 is 2.43 bits per heavy atom. The predicted octanol–water partition coefficient (Wildman–Crippen LogP) is 6.13. The van der Waals surface area contributed by atoms with Crippen LogP contribution < -0.4 is 5.32 Å². The van der Waals surface area contributed by atoms with Gasteiger partial charge in [-0.05, 0) is 62.2 Å². The number of nitrogens with zero attached hydrogens (tertiary/aromatic N) is 4. The first-order valence-electron chi connectivity index (χ1n) is 12.3. The van der Waals surface area contributed by atoms with E-state index in [-0.39, 0.29) is 5.91 Å². The first kappa shape index (κ1) is 22.7. The van der Waals surface area contributed by atoms with E-state index in [1.807, 2.05) is 103 Å². The van der Waals surface area contributed by atoms with Gasteiger partial charge in [0.1, 0.15) is 5.82 Å². The molecule has 2 N–H and O–H groups in total. The number of benzene rings is 3. The summed E-state index contributed by atoms with van der Waals surface area (Å²) in [6, 6.07) is 27.7. The van der Waals surface area contributed by atoms with Gasteiger partial charge in [-0.2, -0.15) is 5.10 Å².